The number of hydrogen-bond donors (Lipinski definition) is 10. The molecule has 8 aromatic carbocycles. The predicted octanol–water partition coefficient (Wildman–Crippen LogP) is 10.4. The zero-order chi connectivity index (χ0) is 46.9. The lowest BCUT2D eigenvalue weighted by atomic mass is 9.62. The van der Waals surface area contributed by atoms with Crippen LogP contribution in [0.2, 0.25) is 0 Å². The Morgan fingerprint density at radius 3 is 0.897 bits per heavy atom. The molecular formula is C56H42O12. The SMILES string of the molecule is Oc1ccc([C@@H]2c3c(O)cc(O)cc3[C@@H]3c4c(cc(O)cc4[C@H]2[C@@H]2c4cc(O)cc5c4[C@H](c4cc(O)cc(O)c4[C@@H]2c2ccc(O)cc2)[C@H](c2ccc(O)cc2)O5)O[C@@H]3c2ccc(O)cc2)cc1. The van der Waals surface area contributed by atoms with Crippen LogP contribution >= 0.6 is 0 Å². The van der Waals surface area contributed by atoms with Gasteiger partial charge in [0.2, 0.25) is 0 Å². The van der Waals surface area contributed by atoms with Crippen LogP contribution in [-0.4, -0.2) is 51.1 Å². The molecule has 0 amide bonds. The Hall–Kier alpha value is -8.64. The van der Waals surface area contributed by atoms with Crippen LogP contribution in [0.3, 0.4) is 0 Å². The fraction of sp³-hybridized carbons (Fsp3) is 0.143. The molecule has 68 heavy (non-hydrogen) atoms. The smallest absolute Gasteiger partial charge is 0.135 e. The summed E-state index contributed by atoms with van der Waals surface area (Å²) in [4.78, 5) is 0. The van der Waals surface area contributed by atoms with Gasteiger partial charge in [-0.05, 0) is 117 Å². The maximum absolute atomic E-state index is 12.5. The second-order valence-corrected chi connectivity index (χ2v) is 18.2. The van der Waals surface area contributed by atoms with Gasteiger partial charge in [-0.3, -0.25) is 0 Å². The lowest BCUT2D eigenvalue weighted by Gasteiger charge is -2.40. The van der Waals surface area contributed by atoms with E-state index in [-0.39, 0.29) is 57.5 Å². The summed E-state index contributed by atoms with van der Waals surface area (Å²) in [6.07, 6.45) is -1.62. The molecule has 0 fully saturated rings. The fourth-order valence-corrected chi connectivity index (χ4v) is 12.0. The minimum Gasteiger partial charge on any atom is -0.508 e. The van der Waals surface area contributed by atoms with Crippen LogP contribution in [0.25, 0.3) is 0 Å². The normalized spacial score (nSPS) is 22.6. The molecule has 0 aromatic heterocycles. The Balaban J connectivity index is 1.25. The van der Waals surface area contributed by atoms with E-state index in [0.717, 1.165) is 0 Å². The largest absolute Gasteiger partial charge is 0.508 e. The van der Waals surface area contributed by atoms with Gasteiger partial charge in [0, 0.05) is 70.2 Å². The van der Waals surface area contributed by atoms with Gasteiger partial charge >= 0.3 is 0 Å². The summed E-state index contributed by atoms with van der Waals surface area (Å²) >= 11 is 0. The van der Waals surface area contributed by atoms with Gasteiger partial charge in [0.05, 0.1) is 11.8 Å². The second kappa shape index (κ2) is 14.9. The molecule has 8 atom stereocenters. The maximum Gasteiger partial charge on any atom is 0.135 e. The molecule has 0 saturated heterocycles. The zero-order valence-corrected chi connectivity index (χ0v) is 35.8. The van der Waals surface area contributed by atoms with Gasteiger partial charge in [0.1, 0.15) is 81.2 Å². The number of aromatic hydroxyl groups is 10. The summed E-state index contributed by atoms with van der Waals surface area (Å²) < 4.78 is 13.7. The van der Waals surface area contributed by atoms with E-state index in [1.165, 1.54) is 24.3 Å². The highest BCUT2D eigenvalue weighted by molar-refractivity contribution is 5.71. The van der Waals surface area contributed by atoms with Crippen LogP contribution in [0.4, 0.5) is 0 Å². The molecule has 12 heteroatoms. The van der Waals surface area contributed by atoms with Crippen LogP contribution in [-0.2, 0) is 0 Å². The van der Waals surface area contributed by atoms with Crippen molar-refractivity contribution >= 4 is 0 Å². The van der Waals surface area contributed by atoms with Crippen LogP contribution in [0.15, 0.2) is 146 Å². The molecule has 4 aliphatic rings. The Bertz CT molecular complexity index is 3110. The van der Waals surface area contributed by atoms with E-state index in [1.807, 2.05) is 0 Å². The number of ether oxygens (including phenoxy) is 2. The first-order chi connectivity index (χ1) is 32.8. The average Bonchev–Trinajstić information content (AvgIpc) is 3.81. The Labute approximate surface area is 388 Å². The molecule has 2 aliphatic carbocycles. The van der Waals surface area contributed by atoms with Crippen molar-refractivity contribution in [1.29, 1.82) is 0 Å². The van der Waals surface area contributed by atoms with Crippen molar-refractivity contribution in [1.82, 2.24) is 0 Å². The van der Waals surface area contributed by atoms with Crippen LogP contribution in [0, 0.1) is 0 Å². The lowest BCUT2D eigenvalue weighted by molar-refractivity contribution is 0.221. The first-order valence-electron chi connectivity index (χ1n) is 22.2. The summed E-state index contributed by atoms with van der Waals surface area (Å²) in [6.45, 7) is 0. The average molecular weight is 907 g/mol. The van der Waals surface area contributed by atoms with Gasteiger partial charge < -0.3 is 60.5 Å². The topological polar surface area (TPSA) is 221 Å². The quantitative estimate of drug-likeness (QED) is 0.0780. The summed E-state index contributed by atoms with van der Waals surface area (Å²) in [5, 5.41) is 114. The minimum absolute atomic E-state index is 0.0182. The summed E-state index contributed by atoms with van der Waals surface area (Å²) in [5.41, 5.74) is 6.75. The minimum atomic E-state index is -0.918. The molecule has 0 saturated carbocycles. The highest BCUT2D eigenvalue weighted by atomic mass is 16.5. The highest BCUT2D eigenvalue weighted by Gasteiger charge is 2.55. The number of fused-ring (bicyclic) bond motifs is 4. The molecule has 2 aliphatic heterocycles. The zero-order valence-electron chi connectivity index (χ0n) is 35.8. The molecule has 8 aromatic rings. The van der Waals surface area contributed by atoms with E-state index in [4.69, 9.17) is 9.47 Å². The number of hydrogen-bond acceptors (Lipinski definition) is 12. The third kappa shape index (κ3) is 6.20. The van der Waals surface area contributed by atoms with E-state index >= 15 is 0 Å². The molecule has 0 bridgehead atoms. The molecule has 0 spiro atoms. The first-order valence-corrected chi connectivity index (χ1v) is 22.2. The number of rotatable bonds is 5. The third-order valence-electron chi connectivity index (χ3n) is 14.5. The van der Waals surface area contributed by atoms with Crippen molar-refractivity contribution in [2.75, 3.05) is 0 Å². The van der Waals surface area contributed by atoms with Crippen molar-refractivity contribution < 1.29 is 60.5 Å². The van der Waals surface area contributed by atoms with Crippen LogP contribution < -0.4 is 9.47 Å². The monoisotopic (exact) mass is 906 g/mol. The van der Waals surface area contributed by atoms with Crippen molar-refractivity contribution in [3.63, 3.8) is 0 Å². The fourth-order valence-electron chi connectivity index (χ4n) is 12.0. The van der Waals surface area contributed by atoms with E-state index in [0.29, 0.717) is 78.3 Å². The number of phenols is 10. The Morgan fingerprint density at radius 1 is 0.265 bits per heavy atom. The van der Waals surface area contributed by atoms with Gasteiger partial charge in [0.25, 0.3) is 0 Å². The molecule has 0 radical (unpaired) electrons. The van der Waals surface area contributed by atoms with Crippen LogP contribution in [0.1, 0.15) is 114 Å². The standard InChI is InChI=1S/C56H42O12/c57-29-9-1-25(2-10-29)45-47-37(17-33(61)21-41(47)65)53-49-39(19-35(63)23-43(49)67-55(53)27-5-13-31(59)14-6-27)51(45)52-40-20-36(64)24-44-50(40)54(56(68-44)28-7-15-32(60)16-8-28)38-18-34(62)22-42(66)48(38)46(52)26-3-11-30(58)12-4-26/h1-24,45-46,51-66H/t45-,46+,51-,52-,53-,54+,55-,56+/m1/s1. The summed E-state index contributed by atoms with van der Waals surface area (Å²) in [6, 6.07) is 38.4. The van der Waals surface area contributed by atoms with Gasteiger partial charge in [0.15, 0.2) is 0 Å². The second-order valence-electron chi connectivity index (χ2n) is 18.2. The number of benzene rings is 8. The predicted molar refractivity (Wildman–Crippen MR) is 248 cm³/mol. The van der Waals surface area contributed by atoms with E-state index in [2.05, 4.69) is 0 Å². The molecule has 12 nitrogen and oxygen atoms in total. The van der Waals surface area contributed by atoms with Crippen molar-refractivity contribution in [2.24, 2.45) is 0 Å². The summed E-state index contributed by atoms with van der Waals surface area (Å²) in [7, 11) is 0. The Morgan fingerprint density at radius 2 is 0.559 bits per heavy atom. The van der Waals surface area contributed by atoms with Gasteiger partial charge in [-0.25, -0.2) is 0 Å². The van der Waals surface area contributed by atoms with E-state index in [9.17, 15) is 51.1 Å². The number of phenolic OH excluding ortho intramolecular Hbond substituents is 10. The highest BCUT2D eigenvalue weighted by Crippen LogP contribution is 2.69. The first kappa shape index (κ1) is 40.8. The van der Waals surface area contributed by atoms with Gasteiger partial charge in [-0.2, -0.15) is 0 Å². The third-order valence-corrected chi connectivity index (χ3v) is 14.5. The molecule has 338 valence electrons. The summed E-state index contributed by atoms with van der Waals surface area (Å²) in [5.74, 6) is -5.69. The maximum atomic E-state index is 12.5. The Kier molecular flexibility index (Phi) is 8.97. The molecule has 10 N–H and O–H groups in total. The van der Waals surface area contributed by atoms with E-state index in [1.54, 1.807) is 121 Å². The molecule has 2 heterocycles. The van der Waals surface area contributed by atoms with Gasteiger partial charge in [-0.15, -0.1) is 0 Å². The van der Waals surface area contributed by atoms with Crippen molar-refractivity contribution in [3.8, 4) is 69.0 Å². The van der Waals surface area contributed by atoms with Crippen molar-refractivity contribution in [2.45, 2.75) is 47.7 Å². The van der Waals surface area contributed by atoms with Crippen molar-refractivity contribution in [3.05, 3.63) is 212 Å². The van der Waals surface area contributed by atoms with Crippen LogP contribution in [0.5, 0.6) is 69.0 Å². The molecule has 12 rings (SSSR count). The molecule has 0 unspecified atom stereocenters. The lowest BCUT2D eigenvalue weighted by Crippen LogP contribution is -2.26. The molecular weight excluding hydrogens is 865 g/mol. The van der Waals surface area contributed by atoms with E-state index < -0.39 is 47.7 Å². The van der Waals surface area contributed by atoms with Gasteiger partial charge in [-0.1, -0.05) is 48.5 Å².